The predicted molar refractivity (Wildman–Crippen MR) is 72.9 cm³/mol. The maximum absolute atomic E-state index is 4.49. The summed E-state index contributed by atoms with van der Waals surface area (Å²) in [5, 5.41) is 3.43. The van der Waals surface area contributed by atoms with Crippen LogP contribution in [0.2, 0.25) is 0 Å². The Morgan fingerprint density at radius 1 is 1.06 bits per heavy atom. The molecule has 0 aromatic carbocycles. The number of nitrogens with zero attached hydrogens (tertiary/aromatic N) is 3. The molecule has 0 unspecified atom stereocenters. The van der Waals surface area contributed by atoms with Gasteiger partial charge in [0.2, 0.25) is 0 Å². The van der Waals surface area contributed by atoms with Gasteiger partial charge in [0.1, 0.15) is 12.1 Å². The monoisotopic (exact) mass is 246 g/mol. The van der Waals surface area contributed by atoms with Gasteiger partial charge in [-0.05, 0) is 25.8 Å². The van der Waals surface area contributed by atoms with Crippen LogP contribution in [0.25, 0.3) is 0 Å². The van der Waals surface area contributed by atoms with E-state index < -0.39 is 0 Å². The van der Waals surface area contributed by atoms with Gasteiger partial charge >= 0.3 is 0 Å². The molecule has 1 saturated carbocycles. The zero-order valence-electron chi connectivity index (χ0n) is 10.9. The van der Waals surface area contributed by atoms with Crippen molar-refractivity contribution in [1.82, 2.24) is 15.3 Å². The second-order valence-electron chi connectivity index (χ2n) is 5.37. The highest BCUT2D eigenvalue weighted by Gasteiger charge is 2.20. The predicted octanol–water partition coefficient (Wildman–Crippen LogP) is 1.93. The Labute approximate surface area is 109 Å². The molecule has 1 aliphatic carbocycles. The molecule has 2 fully saturated rings. The summed E-state index contributed by atoms with van der Waals surface area (Å²) < 4.78 is 0. The summed E-state index contributed by atoms with van der Waals surface area (Å²) in [4.78, 5) is 11.3. The van der Waals surface area contributed by atoms with Crippen molar-refractivity contribution in [2.45, 2.75) is 38.0 Å². The van der Waals surface area contributed by atoms with Crippen molar-refractivity contribution < 1.29 is 0 Å². The van der Waals surface area contributed by atoms with Crippen molar-refractivity contribution in [3.8, 4) is 0 Å². The fourth-order valence-electron chi connectivity index (χ4n) is 3.05. The van der Waals surface area contributed by atoms with Crippen LogP contribution in [-0.4, -0.2) is 36.1 Å². The first kappa shape index (κ1) is 11.9. The molecule has 1 aliphatic heterocycles. The lowest BCUT2D eigenvalue weighted by Gasteiger charge is -2.21. The van der Waals surface area contributed by atoms with E-state index in [-0.39, 0.29) is 0 Å². The molecule has 98 valence electrons. The molecule has 4 nitrogen and oxygen atoms in total. The Balaban J connectivity index is 1.76. The Morgan fingerprint density at radius 2 is 1.94 bits per heavy atom. The first-order valence-corrected chi connectivity index (χ1v) is 7.21. The highest BCUT2D eigenvalue weighted by molar-refractivity contribution is 5.40. The first-order chi connectivity index (χ1) is 8.93. The minimum Gasteiger partial charge on any atom is -0.355 e. The number of hydrogen-bond donors (Lipinski definition) is 1. The molecule has 1 saturated heterocycles. The fraction of sp³-hybridized carbons (Fsp3) is 0.714. The van der Waals surface area contributed by atoms with E-state index >= 15 is 0 Å². The number of anilines is 1. The van der Waals surface area contributed by atoms with Gasteiger partial charge in [0.25, 0.3) is 0 Å². The SMILES string of the molecule is c1nc(C2CCCC2)cc(N2CCCNCC2)n1. The fourth-order valence-corrected chi connectivity index (χ4v) is 3.05. The van der Waals surface area contributed by atoms with Crippen molar-refractivity contribution >= 4 is 5.82 Å². The number of rotatable bonds is 2. The van der Waals surface area contributed by atoms with Gasteiger partial charge in [-0.25, -0.2) is 9.97 Å². The van der Waals surface area contributed by atoms with Crippen LogP contribution in [-0.2, 0) is 0 Å². The summed E-state index contributed by atoms with van der Waals surface area (Å²) >= 11 is 0. The maximum Gasteiger partial charge on any atom is 0.132 e. The molecule has 4 heteroatoms. The molecule has 2 aliphatic rings. The third-order valence-corrected chi connectivity index (χ3v) is 4.11. The topological polar surface area (TPSA) is 41.1 Å². The van der Waals surface area contributed by atoms with E-state index in [1.807, 2.05) is 0 Å². The van der Waals surface area contributed by atoms with Crippen molar-refractivity contribution in [2.24, 2.45) is 0 Å². The van der Waals surface area contributed by atoms with Crippen LogP contribution in [0.3, 0.4) is 0 Å². The van der Waals surface area contributed by atoms with Crippen LogP contribution >= 0.6 is 0 Å². The normalized spacial score (nSPS) is 22.1. The highest BCUT2D eigenvalue weighted by Crippen LogP contribution is 2.33. The lowest BCUT2D eigenvalue weighted by atomic mass is 10.0. The van der Waals surface area contributed by atoms with Crippen molar-refractivity contribution in [2.75, 3.05) is 31.1 Å². The van der Waals surface area contributed by atoms with Gasteiger partial charge in [-0.1, -0.05) is 12.8 Å². The minimum atomic E-state index is 0.678. The van der Waals surface area contributed by atoms with Crippen LogP contribution < -0.4 is 10.2 Å². The summed E-state index contributed by atoms with van der Waals surface area (Å²) in [5.41, 5.74) is 1.26. The Morgan fingerprint density at radius 3 is 2.83 bits per heavy atom. The highest BCUT2D eigenvalue weighted by atomic mass is 15.2. The molecule has 18 heavy (non-hydrogen) atoms. The summed E-state index contributed by atoms with van der Waals surface area (Å²) in [6, 6.07) is 2.22. The van der Waals surface area contributed by atoms with Gasteiger partial charge < -0.3 is 10.2 Å². The van der Waals surface area contributed by atoms with Gasteiger partial charge in [0.15, 0.2) is 0 Å². The summed E-state index contributed by atoms with van der Waals surface area (Å²) in [7, 11) is 0. The first-order valence-electron chi connectivity index (χ1n) is 7.21. The Bertz CT molecular complexity index is 379. The largest absolute Gasteiger partial charge is 0.355 e. The van der Waals surface area contributed by atoms with Gasteiger partial charge in [0, 0.05) is 37.3 Å². The smallest absolute Gasteiger partial charge is 0.132 e. The molecule has 1 aromatic rings. The summed E-state index contributed by atoms with van der Waals surface area (Å²) in [5.74, 6) is 1.80. The van der Waals surface area contributed by atoms with Gasteiger partial charge in [-0.3, -0.25) is 0 Å². The minimum absolute atomic E-state index is 0.678. The molecular formula is C14H22N4. The van der Waals surface area contributed by atoms with Crippen LogP contribution in [0.5, 0.6) is 0 Å². The van der Waals surface area contributed by atoms with Crippen molar-refractivity contribution in [1.29, 1.82) is 0 Å². The average Bonchev–Trinajstić information content (AvgIpc) is 2.82. The Kier molecular flexibility index (Phi) is 3.74. The molecule has 3 rings (SSSR count). The van der Waals surface area contributed by atoms with Gasteiger partial charge in [-0.2, -0.15) is 0 Å². The standard InChI is InChI=1S/C14H22N4/c1-2-5-12(4-1)13-10-14(17-11-16-13)18-8-3-6-15-7-9-18/h10-12,15H,1-9H2. The second-order valence-corrected chi connectivity index (χ2v) is 5.37. The molecule has 0 radical (unpaired) electrons. The Hall–Kier alpha value is -1.16. The third kappa shape index (κ3) is 2.64. The molecule has 0 bridgehead atoms. The molecule has 2 heterocycles. The van der Waals surface area contributed by atoms with Crippen LogP contribution in [0.1, 0.15) is 43.7 Å². The maximum atomic E-state index is 4.49. The molecular weight excluding hydrogens is 224 g/mol. The summed E-state index contributed by atoms with van der Waals surface area (Å²) in [6.45, 7) is 4.34. The second kappa shape index (κ2) is 5.65. The number of hydrogen-bond acceptors (Lipinski definition) is 4. The molecule has 0 spiro atoms. The quantitative estimate of drug-likeness (QED) is 0.866. The lowest BCUT2D eigenvalue weighted by molar-refractivity contribution is 0.690. The number of nitrogens with one attached hydrogen (secondary N) is 1. The van der Waals surface area contributed by atoms with Crippen molar-refractivity contribution in [3.05, 3.63) is 18.1 Å². The van der Waals surface area contributed by atoms with E-state index in [0.717, 1.165) is 32.0 Å². The molecule has 0 amide bonds. The average molecular weight is 246 g/mol. The zero-order chi connectivity index (χ0) is 12.2. The van der Waals surface area contributed by atoms with Crippen LogP contribution in [0, 0.1) is 0 Å². The van der Waals surface area contributed by atoms with Crippen LogP contribution in [0.15, 0.2) is 12.4 Å². The third-order valence-electron chi connectivity index (χ3n) is 4.11. The van der Waals surface area contributed by atoms with Crippen LogP contribution in [0.4, 0.5) is 5.82 Å². The van der Waals surface area contributed by atoms with E-state index in [1.54, 1.807) is 6.33 Å². The van der Waals surface area contributed by atoms with E-state index in [2.05, 4.69) is 26.3 Å². The molecule has 0 atom stereocenters. The van der Waals surface area contributed by atoms with Gasteiger partial charge in [0.05, 0.1) is 0 Å². The lowest BCUT2D eigenvalue weighted by Crippen LogP contribution is -2.28. The molecule has 1 aromatic heterocycles. The molecule has 1 N–H and O–H groups in total. The number of aromatic nitrogens is 2. The zero-order valence-corrected chi connectivity index (χ0v) is 10.9. The van der Waals surface area contributed by atoms with Gasteiger partial charge in [-0.15, -0.1) is 0 Å². The van der Waals surface area contributed by atoms with E-state index in [1.165, 1.54) is 37.8 Å². The summed E-state index contributed by atoms with van der Waals surface area (Å²) in [6.07, 6.45) is 8.27. The van der Waals surface area contributed by atoms with Crippen molar-refractivity contribution in [3.63, 3.8) is 0 Å². The van der Waals surface area contributed by atoms with E-state index in [0.29, 0.717) is 5.92 Å². The van der Waals surface area contributed by atoms with E-state index in [9.17, 15) is 0 Å². The van der Waals surface area contributed by atoms with E-state index in [4.69, 9.17) is 0 Å².